The first kappa shape index (κ1) is 12.5. The van der Waals surface area contributed by atoms with E-state index in [1.165, 1.54) is 4.91 Å². The summed E-state index contributed by atoms with van der Waals surface area (Å²) in [7, 11) is 0. The lowest BCUT2D eigenvalue weighted by Gasteiger charge is -1.91. The highest BCUT2D eigenvalue weighted by molar-refractivity contribution is 8.05. The average Bonchev–Trinajstić information content (AvgIpc) is 2.04. The first-order valence-electron chi connectivity index (χ1n) is 3.76. The second-order valence-electron chi connectivity index (χ2n) is 1.48. The fourth-order valence-corrected chi connectivity index (χ4v) is 0.743. The average molecular weight is 158 g/mol. The van der Waals surface area contributed by atoms with Crippen molar-refractivity contribution in [1.82, 2.24) is 0 Å². The van der Waals surface area contributed by atoms with Crippen LogP contribution in [0.5, 0.6) is 0 Å². The molecule has 0 rings (SSSR count). The molecular weight excluding hydrogens is 140 g/mol. The van der Waals surface area contributed by atoms with Crippen LogP contribution < -0.4 is 0 Å². The van der Waals surface area contributed by atoms with Crippen LogP contribution in [0, 0.1) is 0 Å². The number of hydrogen-bond donors (Lipinski definition) is 0. The van der Waals surface area contributed by atoms with Gasteiger partial charge in [-0.25, -0.2) is 0 Å². The van der Waals surface area contributed by atoms with E-state index >= 15 is 0 Å². The molecule has 0 bridgehead atoms. The Morgan fingerprint density at radius 3 is 2.30 bits per heavy atom. The van der Waals surface area contributed by atoms with Crippen molar-refractivity contribution in [3.63, 3.8) is 0 Å². The predicted octanol–water partition coefficient (Wildman–Crippen LogP) is 4.20. The minimum absolute atomic E-state index is 1.06. The Hall–Kier alpha value is -0.170. The largest absolute Gasteiger partial charge is 0.104 e. The van der Waals surface area contributed by atoms with E-state index in [2.05, 4.69) is 13.5 Å². The zero-order valence-electron chi connectivity index (χ0n) is 7.48. The number of rotatable bonds is 3. The van der Waals surface area contributed by atoms with Crippen molar-refractivity contribution < 1.29 is 0 Å². The van der Waals surface area contributed by atoms with E-state index in [1.54, 1.807) is 11.8 Å². The van der Waals surface area contributed by atoms with Gasteiger partial charge in [-0.15, -0.1) is 11.8 Å². The Balaban J connectivity index is 0. The molecule has 0 spiro atoms. The molecule has 0 unspecified atom stereocenters. The molecule has 0 N–H and O–H groups in total. The number of thioether (sulfide) groups is 1. The Morgan fingerprint density at radius 1 is 1.50 bits per heavy atom. The summed E-state index contributed by atoms with van der Waals surface area (Å²) in [5.74, 6) is 0. The fourth-order valence-electron chi connectivity index (χ4n) is 0.248. The van der Waals surface area contributed by atoms with E-state index < -0.39 is 0 Å². The minimum atomic E-state index is 1.06. The second kappa shape index (κ2) is 11.6. The van der Waals surface area contributed by atoms with Crippen LogP contribution in [-0.2, 0) is 0 Å². The summed E-state index contributed by atoms with van der Waals surface area (Å²) in [6, 6.07) is 0. The monoisotopic (exact) mass is 158 g/mol. The number of allylic oxidation sites excluding steroid dienone is 2. The zero-order chi connectivity index (χ0) is 8.41. The van der Waals surface area contributed by atoms with Gasteiger partial charge in [-0.1, -0.05) is 33.4 Å². The molecule has 0 heterocycles. The van der Waals surface area contributed by atoms with Crippen molar-refractivity contribution in [1.29, 1.82) is 0 Å². The van der Waals surface area contributed by atoms with Gasteiger partial charge in [-0.05, 0) is 23.7 Å². The molecule has 0 fully saturated rings. The first-order valence-corrected chi connectivity index (χ1v) is 4.64. The molecule has 60 valence electrons. The first-order chi connectivity index (χ1) is 4.81. The van der Waals surface area contributed by atoms with E-state index in [0.717, 1.165) is 6.42 Å². The number of hydrogen-bond acceptors (Lipinski definition) is 1. The van der Waals surface area contributed by atoms with Gasteiger partial charge in [0.2, 0.25) is 0 Å². The molecule has 0 aliphatic rings. The van der Waals surface area contributed by atoms with Crippen molar-refractivity contribution in [2.45, 2.75) is 34.1 Å². The van der Waals surface area contributed by atoms with Crippen LogP contribution in [0.3, 0.4) is 0 Å². The molecular formula is C9H18S. The summed E-state index contributed by atoms with van der Waals surface area (Å²) >= 11 is 1.70. The third-order valence-corrected chi connectivity index (χ3v) is 1.80. The molecule has 0 radical (unpaired) electrons. The fraction of sp³-hybridized carbons (Fsp3) is 0.556. The molecule has 0 saturated carbocycles. The third kappa shape index (κ3) is 10.7. The predicted molar refractivity (Wildman–Crippen MR) is 53.2 cm³/mol. The lowest BCUT2D eigenvalue weighted by Crippen LogP contribution is -1.62. The smallest absolute Gasteiger partial charge is 0.0183 e. The highest BCUT2D eigenvalue weighted by Crippen LogP contribution is 2.16. The summed E-state index contributed by atoms with van der Waals surface area (Å²) in [6.07, 6.45) is 3.08. The van der Waals surface area contributed by atoms with Crippen molar-refractivity contribution in [2.75, 3.05) is 0 Å². The lowest BCUT2D eigenvalue weighted by atomic mass is 10.5. The Labute approximate surface area is 69.4 Å². The maximum atomic E-state index is 3.82. The Morgan fingerprint density at radius 2 is 2.00 bits per heavy atom. The van der Waals surface area contributed by atoms with Crippen LogP contribution in [0.25, 0.3) is 0 Å². The van der Waals surface area contributed by atoms with Crippen LogP contribution in [0.2, 0.25) is 0 Å². The van der Waals surface area contributed by atoms with Crippen molar-refractivity contribution >= 4 is 11.8 Å². The van der Waals surface area contributed by atoms with Crippen molar-refractivity contribution in [3.8, 4) is 0 Å². The van der Waals surface area contributed by atoms with Crippen LogP contribution >= 0.6 is 11.8 Å². The normalized spacial score (nSPS) is 8.80. The quantitative estimate of drug-likeness (QED) is 0.593. The molecule has 0 amide bonds. The maximum Gasteiger partial charge on any atom is -0.0183 e. The van der Waals surface area contributed by atoms with Gasteiger partial charge in [0, 0.05) is 0 Å². The lowest BCUT2D eigenvalue weighted by molar-refractivity contribution is 1.21. The third-order valence-electron chi connectivity index (χ3n) is 0.765. The summed E-state index contributed by atoms with van der Waals surface area (Å²) in [6.45, 7) is 11.9. The van der Waals surface area contributed by atoms with Gasteiger partial charge >= 0.3 is 0 Å². The van der Waals surface area contributed by atoms with Gasteiger partial charge in [0.15, 0.2) is 0 Å². The van der Waals surface area contributed by atoms with Gasteiger partial charge in [-0.2, -0.15) is 0 Å². The molecule has 0 aromatic heterocycles. The van der Waals surface area contributed by atoms with Gasteiger partial charge < -0.3 is 0 Å². The van der Waals surface area contributed by atoms with E-state index in [-0.39, 0.29) is 0 Å². The van der Waals surface area contributed by atoms with Crippen LogP contribution in [0.1, 0.15) is 34.1 Å². The zero-order valence-corrected chi connectivity index (χ0v) is 8.29. The Bertz CT molecular complexity index is 92.9. The minimum Gasteiger partial charge on any atom is -0.104 e. The SMILES string of the molecule is C=C(CC)S/C=C\C.CC. The standard InChI is InChI=1S/C7H12S.C2H6/c1-4-6-8-7(3)5-2;1-2/h4,6H,3,5H2,1-2H3;1-2H3/b6-4-;. The van der Waals surface area contributed by atoms with Gasteiger partial charge in [0.1, 0.15) is 0 Å². The van der Waals surface area contributed by atoms with Crippen molar-refractivity contribution in [3.05, 3.63) is 23.0 Å². The molecule has 0 aliphatic heterocycles. The molecule has 0 aromatic carbocycles. The molecule has 0 saturated heterocycles. The molecule has 0 atom stereocenters. The summed E-state index contributed by atoms with van der Waals surface area (Å²) in [5.41, 5.74) is 0. The van der Waals surface area contributed by atoms with Gasteiger partial charge in [0.25, 0.3) is 0 Å². The summed E-state index contributed by atoms with van der Waals surface area (Å²) in [4.78, 5) is 1.23. The second-order valence-corrected chi connectivity index (χ2v) is 2.56. The molecule has 0 aromatic rings. The van der Waals surface area contributed by atoms with Gasteiger partial charge in [0.05, 0.1) is 0 Å². The highest BCUT2D eigenvalue weighted by Gasteiger charge is 1.82. The summed E-state index contributed by atoms with van der Waals surface area (Å²) < 4.78 is 0. The van der Waals surface area contributed by atoms with E-state index in [4.69, 9.17) is 0 Å². The molecule has 10 heavy (non-hydrogen) atoms. The molecule has 0 aliphatic carbocycles. The molecule has 0 nitrogen and oxygen atoms in total. The van der Waals surface area contributed by atoms with Gasteiger partial charge in [-0.3, -0.25) is 0 Å². The van der Waals surface area contributed by atoms with Crippen LogP contribution in [0.15, 0.2) is 23.0 Å². The molecule has 1 heteroatoms. The van der Waals surface area contributed by atoms with Crippen molar-refractivity contribution in [2.24, 2.45) is 0 Å². The van der Waals surface area contributed by atoms with Crippen LogP contribution in [-0.4, -0.2) is 0 Å². The highest BCUT2D eigenvalue weighted by atomic mass is 32.2. The Kier molecular flexibility index (Phi) is 14.5. The summed E-state index contributed by atoms with van der Waals surface area (Å²) in [5, 5.41) is 2.05. The van der Waals surface area contributed by atoms with E-state index in [9.17, 15) is 0 Å². The van der Waals surface area contributed by atoms with E-state index in [0.29, 0.717) is 0 Å². The van der Waals surface area contributed by atoms with E-state index in [1.807, 2.05) is 32.3 Å². The maximum absolute atomic E-state index is 3.82. The van der Waals surface area contributed by atoms with Crippen LogP contribution in [0.4, 0.5) is 0 Å². The topological polar surface area (TPSA) is 0 Å².